The minimum Gasteiger partial charge on any atom is -0.461 e. The average Bonchev–Trinajstić information content (AvgIpc) is 3.19. The highest BCUT2D eigenvalue weighted by Gasteiger charge is 2.20. The molecule has 0 fully saturated rings. The lowest BCUT2D eigenvalue weighted by Gasteiger charge is -2.11. The number of carbonyl (C=O) groups is 1. The molecular weight excluding hydrogens is 312 g/mol. The Hall–Kier alpha value is -2.54. The van der Waals surface area contributed by atoms with Crippen molar-refractivity contribution in [3.63, 3.8) is 0 Å². The van der Waals surface area contributed by atoms with Gasteiger partial charge < -0.3 is 14.3 Å². The molecule has 1 N–H and O–H groups in total. The number of thioether (sulfide) groups is 1. The van der Waals surface area contributed by atoms with E-state index in [1.54, 1.807) is 12.3 Å². The molecule has 1 atom stereocenters. The number of amides is 1. The molecule has 1 aromatic carbocycles. The molecule has 2 heterocycles. The topological polar surface area (TPSA) is 73.0 Å². The number of anilines is 1. The van der Waals surface area contributed by atoms with E-state index in [4.69, 9.17) is 4.42 Å². The van der Waals surface area contributed by atoms with Gasteiger partial charge in [-0.2, -0.15) is 0 Å². The van der Waals surface area contributed by atoms with Crippen molar-refractivity contribution in [2.75, 3.05) is 5.32 Å². The fourth-order valence-corrected chi connectivity index (χ4v) is 2.83. The molecule has 0 aliphatic heterocycles. The summed E-state index contributed by atoms with van der Waals surface area (Å²) in [6.45, 7) is 1.84. The van der Waals surface area contributed by atoms with Gasteiger partial charge >= 0.3 is 0 Å². The van der Waals surface area contributed by atoms with E-state index in [0.717, 1.165) is 5.69 Å². The molecule has 7 heteroatoms. The van der Waals surface area contributed by atoms with Crippen LogP contribution in [0.1, 0.15) is 6.92 Å². The normalized spacial score (nSPS) is 12.1. The zero-order valence-corrected chi connectivity index (χ0v) is 13.6. The molecule has 3 aromatic rings. The number of nitrogens with zero attached hydrogens (tertiary/aromatic N) is 3. The van der Waals surface area contributed by atoms with Gasteiger partial charge in [0.2, 0.25) is 5.91 Å². The Kier molecular flexibility index (Phi) is 4.47. The van der Waals surface area contributed by atoms with Gasteiger partial charge in [-0.15, -0.1) is 10.2 Å². The van der Waals surface area contributed by atoms with Crippen molar-refractivity contribution in [3.05, 3.63) is 48.7 Å². The molecule has 23 heavy (non-hydrogen) atoms. The smallest absolute Gasteiger partial charge is 0.237 e. The molecule has 0 bridgehead atoms. The van der Waals surface area contributed by atoms with E-state index in [0.29, 0.717) is 16.7 Å². The fourth-order valence-electron chi connectivity index (χ4n) is 2.01. The highest BCUT2D eigenvalue weighted by molar-refractivity contribution is 8.00. The Morgan fingerprint density at radius 3 is 2.70 bits per heavy atom. The van der Waals surface area contributed by atoms with Gasteiger partial charge in [0.05, 0.1) is 11.5 Å². The standard InChI is InChI=1S/C16H16N4O2S/c1-11(15(21)17-12-7-4-3-5-8-12)23-16-19-18-14(20(16)2)13-9-6-10-22-13/h3-11H,1-2H3,(H,17,21)/t11-/m1/s1. The molecule has 0 spiro atoms. The Balaban J connectivity index is 1.68. The second-order valence-corrected chi connectivity index (χ2v) is 6.27. The second-order valence-electron chi connectivity index (χ2n) is 4.96. The second kappa shape index (κ2) is 6.70. The predicted molar refractivity (Wildman–Crippen MR) is 89.1 cm³/mol. The first-order chi connectivity index (χ1) is 11.1. The molecule has 0 saturated heterocycles. The maximum Gasteiger partial charge on any atom is 0.237 e. The van der Waals surface area contributed by atoms with E-state index in [-0.39, 0.29) is 11.2 Å². The van der Waals surface area contributed by atoms with E-state index in [1.807, 2.05) is 54.9 Å². The molecule has 2 aromatic heterocycles. The number of carbonyl (C=O) groups excluding carboxylic acids is 1. The summed E-state index contributed by atoms with van der Waals surface area (Å²) in [7, 11) is 1.85. The molecule has 0 saturated carbocycles. The van der Waals surface area contributed by atoms with Crippen LogP contribution in [0, 0.1) is 0 Å². The van der Waals surface area contributed by atoms with Crippen LogP contribution in [0.2, 0.25) is 0 Å². The molecule has 0 aliphatic rings. The third-order valence-corrected chi connectivity index (χ3v) is 4.40. The third-order valence-electron chi connectivity index (χ3n) is 3.27. The number of rotatable bonds is 5. The van der Waals surface area contributed by atoms with Crippen molar-refractivity contribution in [1.29, 1.82) is 0 Å². The van der Waals surface area contributed by atoms with Gasteiger partial charge in [-0.05, 0) is 31.2 Å². The van der Waals surface area contributed by atoms with Crippen molar-refractivity contribution < 1.29 is 9.21 Å². The summed E-state index contributed by atoms with van der Waals surface area (Å²) in [6, 6.07) is 13.0. The van der Waals surface area contributed by atoms with Crippen LogP contribution in [0.5, 0.6) is 0 Å². The number of hydrogen-bond acceptors (Lipinski definition) is 5. The third kappa shape index (κ3) is 3.45. The van der Waals surface area contributed by atoms with Crippen molar-refractivity contribution in [2.24, 2.45) is 7.05 Å². The van der Waals surface area contributed by atoms with Crippen LogP contribution >= 0.6 is 11.8 Å². The maximum atomic E-state index is 12.3. The summed E-state index contributed by atoms with van der Waals surface area (Å²) in [6.07, 6.45) is 1.59. The van der Waals surface area contributed by atoms with Gasteiger partial charge in [0.25, 0.3) is 0 Å². The molecule has 118 valence electrons. The molecule has 3 rings (SSSR count). The van der Waals surface area contributed by atoms with Gasteiger partial charge in [-0.3, -0.25) is 4.79 Å². The highest BCUT2D eigenvalue weighted by Crippen LogP contribution is 2.26. The van der Waals surface area contributed by atoms with E-state index in [2.05, 4.69) is 15.5 Å². The van der Waals surface area contributed by atoms with Gasteiger partial charge in [0.15, 0.2) is 16.7 Å². The van der Waals surface area contributed by atoms with Crippen LogP contribution in [0.4, 0.5) is 5.69 Å². The lowest BCUT2D eigenvalue weighted by Crippen LogP contribution is -2.22. The molecule has 0 unspecified atom stereocenters. The summed E-state index contributed by atoms with van der Waals surface area (Å²) >= 11 is 1.35. The lowest BCUT2D eigenvalue weighted by atomic mass is 10.3. The summed E-state index contributed by atoms with van der Waals surface area (Å²) in [5, 5.41) is 11.5. The minimum atomic E-state index is -0.303. The van der Waals surface area contributed by atoms with Crippen molar-refractivity contribution in [1.82, 2.24) is 14.8 Å². The Labute approximate surface area is 137 Å². The zero-order chi connectivity index (χ0) is 16.2. The fraction of sp³-hybridized carbons (Fsp3) is 0.188. The van der Waals surface area contributed by atoms with Crippen LogP contribution in [0.25, 0.3) is 11.6 Å². The number of nitrogens with one attached hydrogen (secondary N) is 1. The Bertz CT molecular complexity index is 784. The highest BCUT2D eigenvalue weighted by atomic mass is 32.2. The number of benzene rings is 1. The van der Waals surface area contributed by atoms with Crippen LogP contribution < -0.4 is 5.32 Å². The molecular formula is C16H16N4O2S. The van der Waals surface area contributed by atoms with E-state index < -0.39 is 0 Å². The number of para-hydroxylation sites is 1. The largest absolute Gasteiger partial charge is 0.461 e. The predicted octanol–water partition coefficient (Wildman–Crippen LogP) is 3.19. The van der Waals surface area contributed by atoms with Crippen LogP contribution in [-0.2, 0) is 11.8 Å². The van der Waals surface area contributed by atoms with Gasteiger partial charge in [0.1, 0.15) is 0 Å². The van der Waals surface area contributed by atoms with Crippen molar-refractivity contribution in [2.45, 2.75) is 17.3 Å². The number of aromatic nitrogens is 3. The summed E-state index contributed by atoms with van der Waals surface area (Å²) < 4.78 is 7.15. The van der Waals surface area contributed by atoms with Gasteiger partial charge in [-0.25, -0.2) is 0 Å². The first kappa shape index (κ1) is 15.4. The average molecular weight is 328 g/mol. The summed E-state index contributed by atoms with van der Waals surface area (Å²) in [4.78, 5) is 12.3. The number of furan rings is 1. The zero-order valence-electron chi connectivity index (χ0n) is 12.8. The monoisotopic (exact) mass is 328 g/mol. The SMILES string of the molecule is C[C@@H](Sc1nnc(-c2ccco2)n1C)C(=O)Nc1ccccc1. The molecule has 0 aliphatic carbocycles. The summed E-state index contributed by atoms with van der Waals surface area (Å²) in [5.74, 6) is 1.20. The first-order valence-corrected chi connectivity index (χ1v) is 7.99. The van der Waals surface area contributed by atoms with E-state index in [1.165, 1.54) is 11.8 Å². The van der Waals surface area contributed by atoms with Gasteiger partial charge in [0, 0.05) is 12.7 Å². The number of hydrogen-bond donors (Lipinski definition) is 1. The Morgan fingerprint density at radius 1 is 1.22 bits per heavy atom. The minimum absolute atomic E-state index is 0.0799. The van der Waals surface area contributed by atoms with Crippen molar-refractivity contribution in [3.8, 4) is 11.6 Å². The van der Waals surface area contributed by atoms with Crippen LogP contribution in [0.3, 0.4) is 0 Å². The quantitative estimate of drug-likeness (QED) is 0.728. The van der Waals surface area contributed by atoms with Crippen LogP contribution in [0.15, 0.2) is 58.3 Å². The van der Waals surface area contributed by atoms with Crippen LogP contribution in [-0.4, -0.2) is 25.9 Å². The van der Waals surface area contributed by atoms with Gasteiger partial charge in [-0.1, -0.05) is 30.0 Å². The Morgan fingerprint density at radius 2 is 2.00 bits per heavy atom. The maximum absolute atomic E-state index is 12.3. The molecule has 6 nitrogen and oxygen atoms in total. The van der Waals surface area contributed by atoms with E-state index >= 15 is 0 Å². The summed E-state index contributed by atoms with van der Waals surface area (Å²) in [5.41, 5.74) is 0.777. The lowest BCUT2D eigenvalue weighted by molar-refractivity contribution is -0.115. The first-order valence-electron chi connectivity index (χ1n) is 7.11. The molecule has 0 radical (unpaired) electrons. The van der Waals surface area contributed by atoms with E-state index in [9.17, 15) is 4.79 Å². The van der Waals surface area contributed by atoms with Crippen molar-refractivity contribution >= 4 is 23.4 Å². The molecule has 1 amide bonds.